The molecule has 1 radical (unpaired) electrons. The van der Waals surface area contributed by atoms with Gasteiger partial charge in [0.15, 0.2) is 0 Å². The molecule has 0 amide bonds. The predicted octanol–water partition coefficient (Wildman–Crippen LogP) is 3.02. The Morgan fingerprint density at radius 1 is 1.29 bits per heavy atom. The van der Waals surface area contributed by atoms with E-state index in [0.717, 1.165) is 25.7 Å². The van der Waals surface area contributed by atoms with Gasteiger partial charge in [0.25, 0.3) is 0 Å². The van der Waals surface area contributed by atoms with Crippen molar-refractivity contribution in [2.45, 2.75) is 37.9 Å². The number of benzene rings is 1. The molecule has 0 heterocycles. The van der Waals surface area contributed by atoms with Gasteiger partial charge >= 0.3 is 0 Å². The fourth-order valence-electron chi connectivity index (χ4n) is 2.13. The van der Waals surface area contributed by atoms with Gasteiger partial charge in [0.05, 0.1) is 12.7 Å². The van der Waals surface area contributed by atoms with E-state index in [9.17, 15) is 9.50 Å². The lowest BCUT2D eigenvalue weighted by atomic mass is 9.98. The van der Waals surface area contributed by atoms with Crippen LogP contribution in [0.1, 0.15) is 37.4 Å². The highest BCUT2D eigenvalue weighted by Crippen LogP contribution is 2.22. The van der Waals surface area contributed by atoms with Crippen LogP contribution in [0, 0.1) is 12.2 Å². The predicted molar refractivity (Wildman–Crippen MR) is 63.9 cm³/mol. The molecule has 2 rings (SSSR count). The van der Waals surface area contributed by atoms with Crippen molar-refractivity contribution in [2.24, 2.45) is 0 Å². The standard InChI is InChI=1S/C14H18FO2/c15-13-9-5-4-8-12(13)14(16)10-17-11-6-2-1-3-7-11/h1,4-5,8-9,11,14,16H,2-3,6-7,10H2. The molecule has 1 atom stereocenters. The van der Waals surface area contributed by atoms with E-state index in [1.54, 1.807) is 18.2 Å². The highest BCUT2D eigenvalue weighted by molar-refractivity contribution is 5.19. The summed E-state index contributed by atoms with van der Waals surface area (Å²) in [5.41, 5.74) is 0.315. The minimum Gasteiger partial charge on any atom is -0.386 e. The minimum absolute atomic E-state index is 0.172. The second kappa shape index (κ2) is 6.12. The lowest BCUT2D eigenvalue weighted by Crippen LogP contribution is -2.20. The molecule has 0 aromatic heterocycles. The molecular formula is C14H18FO2. The third kappa shape index (κ3) is 3.51. The van der Waals surface area contributed by atoms with Gasteiger partial charge in [-0.2, -0.15) is 0 Å². The van der Waals surface area contributed by atoms with Crippen LogP contribution >= 0.6 is 0 Å². The van der Waals surface area contributed by atoms with E-state index in [4.69, 9.17) is 4.74 Å². The van der Waals surface area contributed by atoms with Gasteiger partial charge < -0.3 is 9.84 Å². The Kier molecular flexibility index (Phi) is 4.51. The van der Waals surface area contributed by atoms with Crippen LogP contribution < -0.4 is 0 Å². The molecule has 17 heavy (non-hydrogen) atoms. The van der Waals surface area contributed by atoms with Crippen molar-refractivity contribution in [3.8, 4) is 0 Å². The Bertz CT molecular complexity index is 348. The van der Waals surface area contributed by atoms with Crippen LogP contribution in [-0.2, 0) is 4.74 Å². The first-order chi connectivity index (χ1) is 8.27. The zero-order valence-corrected chi connectivity index (χ0v) is 9.81. The lowest BCUT2D eigenvalue weighted by Gasteiger charge is -2.23. The molecule has 0 bridgehead atoms. The summed E-state index contributed by atoms with van der Waals surface area (Å²) in [6, 6.07) is 6.28. The fraction of sp³-hybridized carbons (Fsp3) is 0.500. The van der Waals surface area contributed by atoms with Gasteiger partial charge in [0.1, 0.15) is 11.9 Å². The molecule has 0 aliphatic heterocycles. The molecule has 0 spiro atoms. The third-order valence-electron chi connectivity index (χ3n) is 3.14. The van der Waals surface area contributed by atoms with Gasteiger partial charge in [-0.05, 0) is 38.2 Å². The maximum Gasteiger partial charge on any atom is 0.129 e. The number of halogens is 1. The molecular weight excluding hydrogens is 219 g/mol. The number of ether oxygens (including phenoxy) is 1. The molecule has 1 aliphatic rings. The first-order valence-corrected chi connectivity index (χ1v) is 6.13. The van der Waals surface area contributed by atoms with Crippen LogP contribution in [0.15, 0.2) is 24.3 Å². The van der Waals surface area contributed by atoms with E-state index < -0.39 is 6.10 Å². The van der Waals surface area contributed by atoms with E-state index in [-0.39, 0.29) is 18.5 Å². The average Bonchev–Trinajstić information content (AvgIpc) is 2.38. The molecule has 3 heteroatoms. The number of hydrogen-bond donors (Lipinski definition) is 1. The Labute approximate surface area is 101 Å². The van der Waals surface area contributed by atoms with Crippen LogP contribution in [0.5, 0.6) is 0 Å². The minimum atomic E-state index is -0.873. The Morgan fingerprint density at radius 3 is 2.71 bits per heavy atom. The van der Waals surface area contributed by atoms with Crippen molar-refractivity contribution < 1.29 is 14.2 Å². The summed E-state index contributed by atoms with van der Waals surface area (Å²) in [5, 5.41) is 9.86. The molecule has 1 aromatic carbocycles. The highest BCUT2D eigenvalue weighted by Gasteiger charge is 2.17. The Hall–Kier alpha value is -0.930. The third-order valence-corrected chi connectivity index (χ3v) is 3.14. The van der Waals surface area contributed by atoms with Crippen molar-refractivity contribution in [3.63, 3.8) is 0 Å². The number of aliphatic hydroxyl groups is 1. The molecule has 1 aliphatic carbocycles. The van der Waals surface area contributed by atoms with Gasteiger partial charge in [-0.25, -0.2) is 4.39 Å². The van der Waals surface area contributed by atoms with Gasteiger partial charge in [-0.1, -0.05) is 18.2 Å². The summed E-state index contributed by atoms with van der Waals surface area (Å²) in [6.07, 6.45) is 5.74. The topological polar surface area (TPSA) is 29.5 Å². The van der Waals surface area contributed by atoms with Crippen molar-refractivity contribution in [3.05, 3.63) is 42.1 Å². The van der Waals surface area contributed by atoms with Crippen LogP contribution in [0.2, 0.25) is 0 Å². The summed E-state index contributed by atoms with van der Waals surface area (Å²) in [4.78, 5) is 0. The van der Waals surface area contributed by atoms with Gasteiger partial charge in [-0.3, -0.25) is 0 Å². The number of aliphatic hydroxyl groups excluding tert-OH is 1. The lowest BCUT2D eigenvalue weighted by molar-refractivity contribution is -0.0218. The smallest absolute Gasteiger partial charge is 0.129 e. The van der Waals surface area contributed by atoms with Gasteiger partial charge in [-0.15, -0.1) is 0 Å². The van der Waals surface area contributed by atoms with Crippen LogP contribution in [0.3, 0.4) is 0 Å². The van der Waals surface area contributed by atoms with Gasteiger partial charge in [0.2, 0.25) is 0 Å². The van der Waals surface area contributed by atoms with Crippen LogP contribution in [0.25, 0.3) is 0 Å². The first kappa shape index (κ1) is 12.5. The Morgan fingerprint density at radius 2 is 2.00 bits per heavy atom. The summed E-state index contributed by atoms with van der Waals surface area (Å²) in [7, 11) is 0. The highest BCUT2D eigenvalue weighted by atomic mass is 19.1. The van der Waals surface area contributed by atoms with E-state index in [1.165, 1.54) is 6.07 Å². The molecule has 1 unspecified atom stereocenters. The van der Waals surface area contributed by atoms with Crippen LogP contribution in [0.4, 0.5) is 4.39 Å². The first-order valence-electron chi connectivity index (χ1n) is 6.13. The van der Waals surface area contributed by atoms with E-state index >= 15 is 0 Å². The normalized spacial score (nSPS) is 19.2. The second-order valence-electron chi connectivity index (χ2n) is 4.44. The quantitative estimate of drug-likeness (QED) is 0.872. The number of hydrogen-bond acceptors (Lipinski definition) is 2. The van der Waals surface area contributed by atoms with Crippen LogP contribution in [-0.4, -0.2) is 17.8 Å². The largest absolute Gasteiger partial charge is 0.386 e. The summed E-state index contributed by atoms with van der Waals surface area (Å²) >= 11 is 0. The zero-order valence-electron chi connectivity index (χ0n) is 9.81. The molecule has 1 fully saturated rings. The second-order valence-corrected chi connectivity index (χ2v) is 4.44. The molecule has 1 aromatic rings. The van der Waals surface area contributed by atoms with Crippen molar-refractivity contribution in [1.82, 2.24) is 0 Å². The monoisotopic (exact) mass is 237 g/mol. The fourth-order valence-corrected chi connectivity index (χ4v) is 2.13. The number of rotatable bonds is 4. The van der Waals surface area contributed by atoms with Crippen molar-refractivity contribution in [1.29, 1.82) is 0 Å². The Balaban J connectivity index is 1.84. The summed E-state index contributed by atoms with van der Waals surface area (Å²) < 4.78 is 19.0. The molecule has 0 saturated heterocycles. The van der Waals surface area contributed by atoms with E-state index in [1.807, 2.05) is 0 Å². The molecule has 2 nitrogen and oxygen atoms in total. The van der Waals surface area contributed by atoms with E-state index in [2.05, 4.69) is 6.42 Å². The molecule has 93 valence electrons. The maximum atomic E-state index is 13.4. The summed E-state index contributed by atoms with van der Waals surface area (Å²) in [5.74, 6) is -0.374. The average molecular weight is 237 g/mol. The SMILES string of the molecule is OC(COC1CC[CH]CC1)c1ccccc1F. The molecule has 1 N–H and O–H groups in total. The van der Waals surface area contributed by atoms with Crippen molar-refractivity contribution >= 4 is 0 Å². The van der Waals surface area contributed by atoms with E-state index in [0.29, 0.717) is 5.56 Å². The maximum absolute atomic E-state index is 13.4. The zero-order chi connectivity index (χ0) is 12.1. The molecule has 1 saturated carbocycles. The van der Waals surface area contributed by atoms with Gasteiger partial charge in [0, 0.05) is 5.56 Å². The summed E-state index contributed by atoms with van der Waals surface area (Å²) in [6.45, 7) is 0.172. The van der Waals surface area contributed by atoms with Crippen molar-refractivity contribution in [2.75, 3.05) is 6.61 Å².